The molecule has 0 atom stereocenters. The molecule has 4 rings (SSSR count). The molecule has 4 aromatic rings. The molecule has 0 saturated carbocycles. The average Bonchev–Trinajstić information content (AvgIpc) is 3.34. The number of aliphatic hydroxyl groups is 1. The first-order valence-corrected chi connectivity index (χ1v) is 12.1. The van der Waals surface area contributed by atoms with E-state index in [0.29, 0.717) is 22.8 Å². The predicted molar refractivity (Wildman–Crippen MR) is 138 cm³/mol. The number of oxazole rings is 1. The second kappa shape index (κ2) is 11.9. The molecule has 0 amide bonds. The topological polar surface area (TPSA) is 55.5 Å². The highest BCUT2D eigenvalue weighted by Gasteiger charge is 2.30. The standard InChI is InChI=1S/C30H28F3NO3/c1-2-3-8-21(17-18-35)24-11-7-12-26(19-24)36-20-27-28(22-9-5-4-6-10-22)37-29(34-27)23-13-15-25(16-14-23)30(31,32)33/h4-7,9-17,19,35H,2-3,8,18,20H2,1H3/b21-17+. The first-order valence-electron chi connectivity index (χ1n) is 12.1. The van der Waals surface area contributed by atoms with Crippen LogP contribution in [-0.4, -0.2) is 16.7 Å². The van der Waals surface area contributed by atoms with Crippen molar-refractivity contribution >= 4 is 5.57 Å². The van der Waals surface area contributed by atoms with Crippen LogP contribution in [0.15, 0.2) is 89.4 Å². The van der Waals surface area contributed by atoms with Crippen LogP contribution in [0.2, 0.25) is 0 Å². The van der Waals surface area contributed by atoms with Gasteiger partial charge < -0.3 is 14.3 Å². The van der Waals surface area contributed by atoms with Gasteiger partial charge in [-0.05, 0) is 60.4 Å². The van der Waals surface area contributed by atoms with Gasteiger partial charge >= 0.3 is 6.18 Å². The molecule has 192 valence electrons. The fourth-order valence-corrected chi connectivity index (χ4v) is 3.97. The van der Waals surface area contributed by atoms with Crippen LogP contribution in [0.4, 0.5) is 13.2 Å². The minimum absolute atomic E-state index is 0.0315. The van der Waals surface area contributed by atoms with Gasteiger partial charge in [0, 0.05) is 11.1 Å². The molecule has 0 radical (unpaired) electrons. The molecular weight excluding hydrogens is 479 g/mol. The van der Waals surface area contributed by atoms with Gasteiger partial charge in [0.2, 0.25) is 5.89 Å². The van der Waals surface area contributed by atoms with E-state index in [1.807, 2.05) is 60.7 Å². The number of halogens is 3. The molecule has 0 bridgehead atoms. The van der Waals surface area contributed by atoms with E-state index in [2.05, 4.69) is 11.9 Å². The van der Waals surface area contributed by atoms with Crippen molar-refractivity contribution in [3.05, 3.63) is 102 Å². The van der Waals surface area contributed by atoms with Gasteiger partial charge in [0.25, 0.3) is 0 Å². The van der Waals surface area contributed by atoms with Gasteiger partial charge in [0.15, 0.2) is 5.76 Å². The number of alkyl halides is 3. The summed E-state index contributed by atoms with van der Waals surface area (Å²) < 4.78 is 51.1. The third-order valence-electron chi connectivity index (χ3n) is 5.91. The quantitative estimate of drug-likeness (QED) is 0.235. The lowest BCUT2D eigenvalue weighted by Crippen LogP contribution is -2.04. The summed E-state index contributed by atoms with van der Waals surface area (Å²) in [5, 5.41) is 9.43. The van der Waals surface area contributed by atoms with E-state index in [4.69, 9.17) is 9.15 Å². The van der Waals surface area contributed by atoms with E-state index < -0.39 is 11.7 Å². The van der Waals surface area contributed by atoms with Crippen LogP contribution in [0.3, 0.4) is 0 Å². The van der Waals surface area contributed by atoms with Crippen molar-refractivity contribution in [2.75, 3.05) is 6.61 Å². The largest absolute Gasteiger partial charge is 0.487 e. The molecule has 3 aromatic carbocycles. The van der Waals surface area contributed by atoms with Gasteiger partial charge in [-0.25, -0.2) is 4.98 Å². The number of nitrogens with zero attached hydrogens (tertiary/aromatic N) is 1. The molecule has 0 aliphatic heterocycles. The Morgan fingerprint density at radius 1 is 0.973 bits per heavy atom. The Labute approximate surface area is 214 Å². The molecular formula is C30H28F3NO3. The Hall–Kier alpha value is -3.84. The SMILES string of the molecule is CCCC/C(=C\CO)c1cccc(OCc2nc(-c3ccc(C(F)(F)F)cc3)oc2-c2ccccc2)c1. The minimum Gasteiger partial charge on any atom is -0.487 e. The molecule has 37 heavy (non-hydrogen) atoms. The summed E-state index contributed by atoms with van der Waals surface area (Å²) in [6, 6.07) is 21.8. The Morgan fingerprint density at radius 2 is 1.73 bits per heavy atom. The number of allylic oxidation sites excluding steroid dienone is 1. The zero-order valence-electron chi connectivity index (χ0n) is 20.5. The number of unbranched alkanes of at least 4 members (excludes halogenated alkanes) is 1. The summed E-state index contributed by atoms with van der Waals surface area (Å²) >= 11 is 0. The van der Waals surface area contributed by atoms with E-state index in [-0.39, 0.29) is 19.1 Å². The number of hydrogen-bond donors (Lipinski definition) is 1. The van der Waals surface area contributed by atoms with Gasteiger partial charge in [0.05, 0.1) is 12.2 Å². The molecule has 0 aliphatic carbocycles. The van der Waals surface area contributed by atoms with E-state index in [1.54, 1.807) is 0 Å². The zero-order valence-corrected chi connectivity index (χ0v) is 20.5. The minimum atomic E-state index is -4.42. The summed E-state index contributed by atoms with van der Waals surface area (Å²) in [4.78, 5) is 4.57. The summed E-state index contributed by atoms with van der Waals surface area (Å²) in [5.41, 5.74) is 3.06. The molecule has 0 saturated heterocycles. The third-order valence-corrected chi connectivity index (χ3v) is 5.91. The van der Waals surface area contributed by atoms with Crippen molar-refractivity contribution in [2.24, 2.45) is 0 Å². The molecule has 4 nitrogen and oxygen atoms in total. The first kappa shape index (κ1) is 26.2. The van der Waals surface area contributed by atoms with Crippen molar-refractivity contribution < 1.29 is 27.4 Å². The molecule has 1 heterocycles. The number of ether oxygens (including phenoxy) is 1. The fourth-order valence-electron chi connectivity index (χ4n) is 3.97. The number of aromatic nitrogens is 1. The summed E-state index contributed by atoms with van der Waals surface area (Å²) in [6.45, 7) is 2.19. The Bertz CT molecular complexity index is 1330. The number of hydrogen-bond acceptors (Lipinski definition) is 4. The van der Waals surface area contributed by atoms with E-state index in [9.17, 15) is 18.3 Å². The van der Waals surface area contributed by atoms with Gasteiger partial charge in [0.1, 0.15) is 18.1 Å². The van der Waals surface area contributed by atoms with E-state index in [0.717, 1.165) is 48.1 Å². The summed E-state index contributed by atoms with van der Waals surface area (Å²) in [6.07, 6.45) is 0.326. The van der Waals surface area contributed by atoms with Crippen LogP contribution >= 0.6 is 0 Å². The molecule has 1 N–H and O–H groups in total. The molecule has 1 aromatic heterocycles. The zero-order chi connectivity index (χ0) is 26.3. The smallest absolute Gasteiger partial charge is 0.416 e. The summed E-state index contributed by atoms with van der Waals surface area (Å²) in [7, 11) is 0. The normalized spacial score (nSPS) is 12.1. The van der Waals surface area contributed by atoms with Gasteiger partial charge in [-0.2, -0.15) is 13.2 Å². The van der Waals surface area contributed by atoms with Crippen LogP contribution in [0.25, 0.3) is 28.4 Å². The third kappa shape index (κ3) is 6.68. The lowest BCUT2D eigenvalue weighted by Gasteiger charge is -2.10. The maximum absolute atomic E-state index is 13.0. The van der Waals surface area contributed by atoms with Crippen molar-refractivity contribution in [3.8, 4) is 28.5 Å². The van der Waals surface area contributed by atoms with Crippen molar-refractivity contribution in [3.63, 3.8) is 0 Å². The highest BCUT2D eigenvalue weighted by molar-refractivity contribution is 5.67. The van der Waals surface area contributed by atoms with Crippen molar-refractivity contribution in [2.45, 2.75) is 39.0 Å². The first-order chi connectivity index (χ1) is 17.9. The van der Waals surface area contributed by atoms with Crippen molar-refractivity contribution in [1.29, 1.82) is 0 Å². The van der Waals surface area contributed by atoms with Crippen LogP contribution in [0, 0.1) is 0 Å². The number of benzene rings is 3. The molecule has 0 spiro atoms. The Kier molecular flexibility index (Phi) is 8.46. The highest BCUT2D eigenvalue weighted by atomic mass is 19.4. The average molecular weight is 508 g/mol. The predicted octanol–water partition coefficient (Wildman–Crippen LogP) is 8.17. The maximum atomic E-state index is 13.0. The van der Waals surface area contributed by atoms with Crippen molar-refractivity contribution in [1.82, 2.24) is 4.98 Å². The van der Waals surface area contributed by atoms with Gasteiger partial charge in [-0.15, -0.1) is 0 Å². The fraction of sp³-hybridized carbons (Fsp3) is 0.233. The molecule has 0 fully saturated rings. The van der Waals surface area contributed by atoms with Crippen LogP contribution in [0.1, 0.15) is 43.0 Å². The number of rotatable bonds is 10. The molecule has 7 heteroatoms. The highest BCUT2D eigenvalue weighted by Crippen LogP contribution is 2.34. The second-order valence-electron chi connectivity index (χ2n) is 8.57. The van der Waals surface area contributed by atoms with E-state index >= 15 is 0 Å². The van der Waals surface area contributed by atoms with Crippen LogP contribution < -0.4 is 4.74 Å². The Morgan fingerprint density at radius 3 is 2.41 bits per heavy atom. The monoisotopic (exact) mass is 507 g/mol. The molecule has 0 unspecified atom stereocenters. The lowest BCUT2D eigenvalue weighted by molar-refractivity contribution is -0.137. The number of aliphatic hydroxyl groups excluding tert-OH is 1. The lowest BCUT2D eigenvalue weighted by atomic mass is 10.00. The van der Waals surface area contributed by atoms with Gasteiger partial charge in [-0.3, -0.25) is 0 Å². The maximum Gasteiger partial charge on any atom is 0.416 e. The van der Waals surface area contributed by atoms with Crippen LogP contribution in [0.5, 0.6) is 5.75 Å². The van der Waals surface area contributed by atoms with Gasteiger partial charge in [-0.1, -0.05) is 61.9 Å². The summed E-state index contributed by atoms with van der Waals surface area (Å²) in [5.74, 6) is 1.35. The van der Waals surface area contributed by atoms with Crippen LogP contribution in [-0.2, 0) is 12.8 Å². The Balaban J connectivity index is 1.61. The molecule has 0 aliphatic rings. The van der Waals surface area contributed by atoms with E-state index in [1.165, 1.54) is 12.1 Å². The second-order valence-corrected chi connectivity index (χ2v) is 8.57.